The fourth-order valence-electron chi connectivity index (χ4n) is 1.53. The van der Waals surface area contributed by atoms with Gasteiger partial charge in [-0.25, -0.2) is 0 Å². The monoisotopic (exact) mass is 299 g/mol. The van der Waals surface area contributed by atoms with Gasteiger partial charge in [0.15, 0.2) is 6.61 Å². The summed E-state index contributed by atoms with van der Waals surface area (Å²) in [7, 11) is 0. The van der Waals surface area contributed by atoms with Gasteiger partial charge in [-0.05, 0) is 31.5 Å². The summed E-state index contributed by atoms with van der Waals surface area (Å²) < 4.78 is 6.33. The first-order valence-electron chi connectivity index (χ1n) is 5.79. The van der Waals surface area contributed by atoms with Crippen LogP contribution in [0.1, 0.15) is 26.7 Å². The topological polar surface area (TPSA) is 38.3 Å². The number of ether oxygens (including phenoxy) is 1. The van der Waals surface area contributed by atoms with E-state index in [0.717, 1.165) is 17.3 Å². The van der Waals surface area contributed by atoms with Crippen molar-refractivity contribution in [1.29, 1.82) is 0 Å². The Kier molecular flexibility index (Phi) is 6.05. The van der Waals surface area contributed by atoms with Crippen molar-refractivity contribution in [2.45, 2.75) is 32.7 Å². The van der Waals surface area contributed by atoms with E-state index in [1.165, 1.54) is 0 Å². The molecule has 0 radical (unpaired) electrons. The second kappa shape index (κ2) is 7.33. The van der Waals surface area contributed by atoms with Gasteiger partial charge in [-0.15, -0.1) is 0 Å². The summed E-state index contributed by atoms with van der Waals surface area (Å²) in [5, 5.41) is 2.89. The van der Waals surface area contributed by atoms with Crippen LogP contribution in [0.2, 0.25) is 0 Å². The molecule has 0 saturated carbocycles. The van der Waals surface area contributed by atoms with E-state index in [4.69, 9.17) is 4.74 Å². The van der Waals surface area contributed by atoms with E-state index in [9.17, 15) is 4.79 Å². The van der Waals surface area contributed by atoms with Gasteiger partial charge in [0.05, 0.1) is 0 Å². The molecule has 1 N–H and O–H groups in total. The average molecular weight is 300 g/mol. The zero-order valence-corrected chi connectivity index (χ0v) is 11.8. The summed E-state index contributed by atoms with van der Waals surface area (Å²) in [6.07, 6.45) is 2.05. The Bertz CT molecular complexity index is 368. The van der Waals surface area contributed by atoms with Gasteiger partial charge in [0, 0.05) is 10.5 Å². The predicted octanol–water partition coefficient (Wildman–Crippen LogP) is 3.13. The quantitative estimate of drug-likeness (QED) is 0.876. The Morgan fingerprint density at radius 2 is 2.29 bits per heavy atom. The Morgan fingerprint density at radius 3 is 2.94 bits per heavy atom. The van der Waals surface area contributed by atoms with Gasteiger partial charge in [-0.1, -0.05) is 35.3 Å². The molecular formula is C13H18BrNO2. The molecular weight excluding hydrogens is 282 g/mol. The molecule has 0 aliphatic heterocycles. The van der Waals surface area contributed by atoms with Crippen LogP contribution in [0.3, 0.4) is 0 Å². The van der Waals surface area contributed by atoms with E-state index in [1.54, 1.807) is 0 Å². The van der Waals surface area contributed by atoms with Gasteiger partial charge in [0.25, 0.3) is 5.91 Å². The molecule has 1 atom stereocenters. The van der Waals surface area contributed by atoms with Crippen LogP contribution >= 0.6 is 15.9 Å². The maximum absolute atomic E-state index is 11.5. The van der Waals surface area contributed by atoms with Gasteiger partial charge in [-0.2, -0.15) is 0 Å². The van der Waals surface area contributed by atoms with Crippen LogP contribution in [0.5, 0.6) is 5.75 Å². The number of nitrogens with one attached hydrogen (secondary N) is 1. The van der Waals surface area contributed by atoms with Crippen molar-refractivity contribution in [3.63, 3.8) is 0 Å². The lowest BCUT2D eigenvalue weighted by molar-refractivity contribution is -0.123. The summed E-state index contributed by atoms with van der Waals surface area (Å²) in [5.74, 6) is 0.614. The average Bonchev–Trinajstić information content (AvgIpc) is 2.27. The van der Waals surface area contributed by atoms with Gasteiger partial charge < -0.3 is 10.1 Å². The third-order valence-corrected chi connectivity index (χ3v) is 2.79. The summed E-state index contributed by atoms with van der Waals surface area (Å²) in [5.41, 5.74) is 0. The number of rotatable bonds is 6. The number of benzene rings is 1. The van der Waals surface area contributed by atoms with Crippen molar-refractivity contribution in [2.75, 3.05) is 6.61 Å². The lowest BCUT2D eigenvalue weighted by Crippen LogP contribution is -2.35. The molecule has 0 heterocycles. The number of hydrogen-bond acceptors (Lipinski definition) is 2. The second-order valence-corrected chi connectivity index (χ2v) is 4.92. The zero-order valence-electron chi connectivity index (χ0n) is 10.2. The number of amides is 1. The third kappa shape index (κ3) is 5.73. The van der Waals surface area contributed by atoms with Gasteiger partial charge in [-0.3, -0.25) is 4.79 Å². The van der Waals surface area contributed by atoms with Crippen molar-refractivity contribution in [1.82, 2.24) is 5.32 Å². The highest BCUT2D eigenvalue weighted by atomic mass is 79.9. The molecule has 1 amide bonds. The molecule has 0 saturated heterocycles. The molecule has 17 heavy (non-hydrogen) atoms. The van der Waals surface area contributed by atoms with Crippen LogP contribution in [-0.4, -0.2) is 18.6 Å². The lowest BCUT2D eigenvalue weighted by atomic mass is 10.2. The van der Waals surface area contributed by atoms with Crippen molar-refractivity contribution in [3.8, 4) is 5.75 Å². The summed E-state index contributed by atoms with van der Waals surface area (Å²) in [4.78, 5) is 11.5. The minimum Gasteiger partial charge on any atom is -0.484 e. The van der Waals surface area contributed by atoms with Crippen LogP contribution < -0.4 is 10.1 Å². The second-order valence-electron chi connectivity index (χ2n) is 4.00. The van der Waals surface area contributed by atoms with Crippen molar-refractivity contribution >= 4 is 21.8 Å². The molecule has 4 heteroatoms. The number of carbonyl (C=O) groups excluding carboxylic acids is 1. The fraction of sp³-hybridized carbons (Fsp3) is 0.462. The highest BCUT2D eigenvalue weighted by Gasteiger charge is 2.07. The summed E-state index contributed by atoms with van der Waals surface area (Å²) in [6.45, 7) is 4.16. The molecule has 0 fully saturated rings. The SMILES string of the molecule is CCC[C@H](C)NC(=O)COc1cccc(Br)c1. The van der Waals surface area contributed by atoms with Crippen LogP contribution in [0.15, 0.2) is 28.7 Å². The van der Waals surface area contributed by atoms with Crippen LogP contribution in [0.25, 0.3) is 0 Å². The highest BCUT2D eigenvalue weighted by molar-refractivity contribution is 9.10. The largest absolute Gasteiger partial charge is 0.484 e. The van der Waals surface area contributed by atoms with Crippen LogP contribution in [0.4, 0.5) is 0 Å². The first-order valence-corrected chi connectivity index (χ1v) is 6.59. The van der Waals surface area contributed by atoms with Gasteiger partial charge in [0.1, 0.15) is 5.75 Å². The number of carbonyl (C=O) groups is 1. The van der Waals surface area contributed by atoms with E-state index in [1.807, 2.05) is 31.2 Å². The molecule has 3 nitrogen and oxygen atoms in total. The highest BCUT2D eigenvalue weighted by Crippen LogP contribution is 2.17. The molecule has 1 aromatic rings. The maximum Gasteiger partial charge on any atom is 0.258 e. The van der Waals surface area contributed by atoms with E-state index in [0.29, 0.717) is 5.75 Å². The van der Waals surface area contributed by atoms with Gasteiger partial charge >= 0.3 is 0 Å². The van der Waals surface area contributed by atoms with E-state index in [-0.39, 0.29) is 18.6 Å². The van der Waals surface area contributed by atoms with Crippen molar-refractivity contribution in [3.05, 3.63) is 28.7 Å². The van der Waals surface area contributed by atoms with Gasteiger partial charge in [0.2, 0.25) is 0 Å². The maximum atomic E-state index is 11.5. The van der Waals surface area contributed by atoms with E-state index in [2.05, 4.69) is 28.2 Å². The smallest absolute Gasteiger partial charge is 0.258 e. The molecule has 1 aromatic carbocycles. The Balaban J connectivity index is 2.33. The van der Waals surface area contributed by atoms with E-state index < -0.39 is 0 Å². The Morgan fingerprint density at radius 1 is 1.53 bits per heavy atom. The Hall–Kier alpha value is -1.03. The molecule has 94 valence electrons. The minimum absolute atomic E-state index is 0.0600. The molecule has 0 bridgehead atoms. The van der Waals surface area contributed by atoms with E-state index >= 15 is 0 Å². The molecule has 0 aliphatic rings. The first-order chi connectivity index (χ1) is 8.11. The zero-order chi connectivity index (χ0) is 12.7. The lowest BCUT2D eigenvalue weighted by Gasteiger charge is -2.13. The standard InChI is InChI=1S/C13H18BrNO2/c1-3-5-10(2)15-13(16)9-17-12-7-4-6-11(14)8-12/h4,6-8,10H,3,5,9H2,1-2H3,(H,15,16)/t10-/m0/s1. The minimum atomic E-state index is -0.0778. The molecule has 0 aromatic heterocycles. The molecule has 0 aliphatic carbocycles. The predicted molar refractivity (Wildman–Crippen MR) is 72.1 cm³/mol. The summed E-state index contributed by atoms with van der Waals surface area (Å²) in [6, 6.07) is 7.66. The Labute approximate surface area is 111 Å². The van der Waals surface area contributed by atoms with Crippen LogP contribution in [0, 0.1) is 0 Å². The summed E-state index contributed by atoms with van der Waals surface area (Å²) >= 11 is 3.35. The molecule has 0 unspecified atom stereocenters. The molecule has 0 spiro atoms. The number of hydrogen-bond donors (Lipinski definition) is 1. The third-order valence-electron chi connectivity index (χ3n) is 2.30. The van der Waals surface area contributed by atoms with Crippen molar-refractivity contribution < 1.29 is 9.53 Å². The van der Waals surface area contributed by atoms with Crippen LogP contribution in [-0.2, 0) is 4.79 Å². The number of halogens is 1. The first kappa shape index (κ1) is 14.0. The molecule has 1 rings (SSSR count). The van der Waals surface area contributed by atoms with Crippen molar-refractivity contribution in [2.24, 2.45) is 0 Å². The fourth-order valence-corrected chi connectivity index (χ4v) is 1.91. The normalized spacial score (nSPS) is 11.9.